The third kappa shape index (κ3) is 834. The molecule has 0 bridgehead atoms. The molecule has 0 saturated heterocycles. The van der Waals surface area contributed by atoms with E-state index in [0.717, 1.165) is 0 Å². The van der Waals surface area contributed by atoms with Crippen LogP contribution in [-0.2, 0) is 50.7 Å². The Morgan fingerprint density at radius 1 is 0.500 bits per heavy atom. The van der Waals surface area contributed by atoms with E-state index in [0.29, 0.717) is 0 Å². The molecule has 12 nitrogen and oxygen atoms in total. The van der Waals surface area contributed by atoms with Crippen LogP contribution in [0.1, 0.15) is 0 Å². The van der Waals surface area contributed by atoms with E-state index in [1.807, 2.05) is 0 Å². The maximum absolute atomic E-state index is 8.74. The van der Waals surface area contributed by atoms with Crippen molar-refractivity contribution in [1.82, 2.24) is 0 Å². The summed E-state index contributed by atoms with van der Waals surface area (Å²) in [6.45, 7) is 0. The summed E-state index contributed by atoms with van der Waals surface area (Å²) in [4.78, 5) is 0. The Kier molecular flexibility index (Phi) is 33.0. The van der Waals surface area contributed by atoms with Gasteiger partial charge in [0.05, 0.1) is 0 Å². The van der Waals surface area contributed by atoms with E-state index in [1.165, 1.54) is 0 Å². The van der Waals surface area contributed by atoms with Crippen LogP contribution in [0.15, 0.2) is 0 Å². The van der Waals surface area contributed by atoms with E-state index >= 15 is 0 Å². The molecule has 18 heteroatoms. The van der Waals surface area contributed by atoms with Crippen LogP contribution in [0.25, 0.3) is 0 Å². The Labute approximate surface area is 174 Å². The van der Waals surface area contributed by atoms with E-state index in [9.17, 15) is 0 Å². The zero-order valence-electron chi connectivity index (χ0n) is 7.06. The first-order chi connectivity index (χ1) is 6.00. The molecule has 104 valence electrons. The fourth-order valence-corrected chi connectivity index (χ4v) is 0. The summed E-state index contributed by atoms with van der Waals surface area (Å²) in [5, 5.41) is 0. The van der Waals surface area contributed by atoms with E-state index in [-0.39, 0.29) is 93.9 Å². The summed E-state index contributed by atoms with van der Waals surface area (Å²) in [5.41, 5.74) is 0. The van der Waals surface area contributed by atoms with Crippen LogP contribution in [0.3, 0.4) is 0 Å². The van der Waals surface area contributed by atoms with Gasteiger partial charge in [-0.05, 0) is 0 Å². The molecule has 0 aromatic heterocycles. The Balaban J connectivity index is -0.0000000277. The smallest absolute Gasteiger partial charge is 0 e. The van der Waals surface area contributed by atoms with E-state index in [1.54, 1.807) is 0 Å². The fraction of sp³-hybridized carbons (Fsp3) is 0. The molecule has 0 aliphatic rings. The van der Waals surface area contributed by atoms with Gasteiger partial charge in [0.15, 0.2) is 0 Å². The molecule has 18 heavy (non-hydrogen) atoms. The number of hydrogen-bond donors (Lipinski definition) is 6. The van der Waals surface area contributed by atoms with Gasteiger partial charge in [0.25, 0.3) is 0 Å². The van der Waals surface area contributed by atoms with Gasteiger partial charge >= 0.3 is 106 Å². The van der Waals surface area contributed by atoms with Gasteiger partial charge in [0, 0.05) is 19.5 Å². The van der Waals surface area contributed by atoms with E-state index in [2.05, 4.69) is 0 Å². The SMILES string of the molecule is O=S(=O)(O)O.O=S(=O)(O)O.O=S(=O)(O)O.[KH].[MgH2].[Zn]. The molecule has 0 spiro atoms. The molecule has 0 rings (SSSR count). The van der Waals surface area contributed by atoms with Crippen molar-refractivity contribution in [3.8, 4) is 0 Å². The van der Waals surface area contributed by atoms with Gasteiger partial charge in [-0.15, -0.1) is 0 Å². The van der Waals surface area contributed by atoms with Crippen molar-refractivity contribution in [3.05, 3.63) is 0 Å². The predicted octanol–water partition coefficient (Wildman–Crippen LogP) is -3.53. The van der Waals surface area contributed by atoms with Crippen LogP contribution < -0.4 is 0 Å². The summed E-state index contributed by atoms with van der Waals surface area (Å²) in [7, 11) is -14.0. The molecular weight excluding hydrogens is 417 g/mol. The molecule has 0 aromatic carbocycles. The number of hydrogen-bond acceptors (Lipinski definition) is 6. The van der Waals surface area contributed by atoms with Crippen LogP contribution in [0, 0.1) is 0 Å². The Hall–Kier alpha value is 2.64. The first-order valence-corrected chi connectivity index (χ1v) is 6.29. The van der Waals surface area contributed by atoms with Crippen molar-refractivity contribution in [3.63, 3.8) is 0 Å². The van der Waals surface area contributed by atoms with Crippen LogP contribution in [0.4, 0.5) is 0 Å². The quantitative estimate of drug-likeness (QED) is 0.164. The minimum atomic E-state index is -4.67. The molecule has 6 N–H and O–H groups in total. The first-order valence-electron chi connectivity index (χ1n) is 2.10. The van der Waals surface area contributed by atoms with Crippen molar-refractivity contribution < 1.29 is 72.0 Å². The standard InChI is InChI=1S/K.Mg.3H2O4S.Zn.3H/c;;3*1-5(2,3)4;;;;/h;;3*(H2,1,2,3,4);;;;. The van der Waals surface area contributed by atoms with Gasteiger partial charge in [-0.2, -0.15) is 25.3 Å². The number of rotatable bonds is 0. The Morgan fingerprint density at radius 2 is 0.500 bits per heavy atom. The van der Waals surface area contributed by atoms with Crippen molar-refractivity contribution in [2.45, 2.75) is 0 Å². The molecule has 0 radical (unpaired) electrons. The van der Waals surface area contributed by atoms with Crippen LogP contribution >= 0.6 is 0 Å². The molecule has 0 saturated carbocycles. The monoisotopic (exact) mass is 424 g/mol. The average Bonchev–Trinajstić information content (AvgIpc) is 1.41. The summed E-state index contributed by atoms with van der Waals surface area (Å²) < 4.78 is 94.8. The first kappa shape index (κ1) is 37.1. The third-order valence-electron chi connectivity index (χ3n) is 0. The van der Waals surface area contributed by atoms with Crippen molar-refractivity contribution in [2.75, 3.05) is 0 Å². The molecule has 0 unspecified atom stereocenters. The van der Waals surface area contributed by atoms with E-state index in [4.69, 9.17) is 52.6 Å². The van der Waals surface area contributed by atoms with Crippen molar-refractivity contribution in [1.29, 1.82) is 0 Å². The Bertz CT molecular complexity index is 348. The van der Waals surface area contributed by atoms with Crippen LogP contribution in [0.2, 0.25) is 0 Å². The van der Waals surface area contributed by atoms with Gasteiger partial charge in [0.2, 0.25) is 0 Å². The summed E-state index contributed by atoms with van der Waals surface area (Å²) in [6, 6.07) is 0. The third-order valence-corrected chi connectivity index (χ3v) is 0. The molecule has 0 amide bonds. The summed E-state index contributed by atoms with van der Waals surface area (Å²) in [6.07, 6.45) is 0. The second kappa shape index (κ2) is 16.0. The largest absolute Gasteiger partial charge is 0.316 e. The molecule has 0 aliphatic heterocycles. The second-order valence-corrected chi connectivity index (χ2v) is 4.03. The van der Waals surface area contributed by atoms with Crippen molar-refractivity contribution in [2.24, 2.45) is 0 Å². The molecular formula is H9KMgO12S3Zn. The zero-order chi connectivity index (χ0) is 13.5. The van der Waals surface area contributed by atoms with Gasteiger partial charge in [-0.1, -0.05) is 0 Å². The maximum atomic E-state index is 8.74. The van der Waals surface area contributed by atoms with Gasteiger partial charge < -0.3 is 0 Å². The maximum Gasteiger partial charge on any atom is 0.316 e. The second-order valence-electron chi connectivity index (χ2n) is 1.34. The van der Waals surface area contributed by atoms with Crippen molar-refractivity contribution >= 4 is 106 Å². The predicted molar refractivity (Wildman–Crippen MR) is 58.2 cm³/mol. The van der Waals surface area contributed by atoms with Crippen LogP contribution in [-0.4, -0.2) is 127 Å². The molecule has 0 heterocycles. The molecule has 0 aromatic rings. The average molecular weight is 426 g/mol. The van der Waals surface area contributed by atoms with E-state index < -0.39 is 31.2 Å². The topological polar surface area (TPSA) is 224 Å². The van der Waals surface area contributed by atoms with Gasteiger partial charge in [0.1, 0.15) is 0 Å². The summed E-state index contributed by atoms with van der Waals surface area (Å²) >= 11 is 0. The minimum absolute atomic E-state index is 0. The molecule has 0 atom stereocenters. The normalized spacial score (nSPS) is 9.67. The Morgan fingerprint density at radius 3 is 0.500 bits per heavy atom. The summed E-state index contributed by atoms with van der Waals surface area (Å²) in [5.74, 6) is 0. The van der Waals surface area contributed by atoms with Crippen LogP contribution in [0.5, 0.6) is 0 Å². The van der Waals surface area contributed by atoms with Gasteiger partial charge in [-0.3, -0.25) is 27.3 Å². The van der Waals surface area contributed by atoms with Gasteiger partial charge in [-0.25, -0.2) is 0 Å². The molecule has 0 fully saturated rings. The molecule has 0 aliphatic carbocycles. The minimum Gasteiger partial charge on any atom is 0 e. The zero-order valence-corrected chi connectivity index (χ0v) is 12.5. The fourth-order valence-electron chi connectivity index (χ4n) is 0.